The summed E-state index contributed by atoms with van der Waals surface area (Å²) in [7, 11) is 0. The van der Waals surface area contributed by atoms with Crippen LogP contribution < -0.4 is 10.6 Å². The van der Waals surface area contributed by atoms with Crippen LogP contribution in [0.4, 0.5) is 0 Å². The molecule has 112 valence electrons. The van der Waals surface area contributed by atoms with Crippen LogP contribution in [0.5, 0.6) is 0 Å². The van der Waals surface area contributed by atoms with Crippen molar-refractivity contribution in [2.75, 3.05) is 0 Å². The van der Waals surface area contributed by atoms with Gasteiger partial charge in [0.15, 0.2) is 0 Å². The van der Waals surface area contributed by atoms with Gasteiger partial charge in [-0.2, -0.15) is 0 Å². The fraction of sp³-hybridized carbons (Fsp3) is 0.353. The van der Waals surface area contributed by atoms with Crippen LogP contribution in [0.3, 0.4) is 0 Å². The van der Waals surface area contributed by atoms with E-state index in [0.717, 1.165) is 11.3 Å². The number of hydrogen-bond donors (Lipinski definition) is 2. The molecular weight excluding hydrogens is 264 g/mol. The molecule has 0 aliphatic heterocycles. The van der Waals surface area contributed by atoms with E-state index in [1.165, 1.54) is 0 Å². The zero-order valence-corrected chi connectivity index (χ0v) is 12.7. The van der Waals surface area contributed by atoms with Gasteiger partial charge in [-0.05, 0) is 38.5 Å². The molecule has 0 aliphatic rings. The van der Waals surface area contributed by atoms with Crippen LogP contribution in [0.25, 0.3) is 0 Å². The third-order valence-electron chi connectivity index (χ3n) is 3.20. The average Bonchev–Trinajstić information content (AvgIpc) is 2.98. The maximum atomic E-state index is 12.1. The predicted octanol–water partition coefficient (Wildman–Crippen LogP) is 2.87. The second-order valence-electron chi connectivity index (χ2n) is 5.41. The molecule has 1 aromatic heterocycles. The van der Waals surface area contributed by atoms with E-state index in [2.05, 4.69) is 10.6 Å². The quantitative estimate of drug-likeness (QED) is 0.858. The summed E-state index contributed by atoms with van der Waals surface area (Å²) in [5.74, 6) is 0.780. The van der Waals surface area contributed by atoms with Gasteiger partial charge in [0.05, 0.1) is 18.3 Å². The van der Waals surface area contributed by atoms with Crippen LogP contribution in [-0.4, -0.2) is 18.0 Å². The Morgan fingerprint density at radius 1 is 1.05 bits per heavy atom. The van der Waals surface area contributed by atoms with Crippen molar-refractivity contribution < 1.29 is 9.21 Å². The summed E-state index contributed by atoms with van der Waals surface area (Å²) in [4.78, 5) is 12.1. The van der Waals surface area contributed by atoms with Crippen molar-refractivity contribution in [1.82, 2.24) is 10.6 Å². The highest BCUT2D eigenvalue weighted by Crippen LogP contribution is 2.22. The Balaban J connectivity index is 2.16. The zero-order chi connectivity index (χ0) is 15.2. The normalized spacial score (nSPS) is 13.9. The van der Waals surface area contributed by atoms with Gasteiger partial charge in [-0.3, -0.25) is 10.1 Å². The minimum Gasteiger partial charge on any atom is -0.467 e. The summed E-state index contributed by atoms with van der Waals surface area (Å²) in [6, 6.07) is 13.4. The Hall–Kier alpha value is -2.07. The highest BCUT2D eigenvalue weighted by molar-refractivity contribution is 5.81. The maximum absolute atomic E-state index is 12.1. The molecule has 1 amide bonds. The molecule has 4 nitrogen and oxygen atoms in total. The van der Waals surface area contributed by atoms with Gasteiger partial charge in [0.2, 0.25) is 5.91 Å². The van der Waals surface area contributed by atoms with Crippen molar-refractivity contribution in [2.24, 2.45) is 0 Å². The molecule has 1 heterocycles. The van der Waals surface area contributed by atoms with Crippen molar-refractivity contribution in [3.63, 3.8) is 0 Å². The second-order valence-corrected chi connectivity index (χ2v) is 5.41. The van der Waals surface area contributed by atoms with E-state index in [0.29, 0.717) is 0 Å². The van der Waals surface area contributed by atoms with Gasteiger partial charge in [0.1, 0.15) is 5.76 Å². The summed E-state index contributed by atoms with van der Waals surface area (Å²) < 4.78 is 5.52. The van der Waals surface area contributed by atoms with Gasteiger partial charge in [-0.15, -0.1) is 0 Å². The average molecular weight is 286 g/mol. The van der Waals surface area contributed by atoms with Crippen LogP contribution in [0.15, 0.2) is 53.1 Å². The zero-order valence-electron chi connectivity index (χ0n) is 12.7. The highest BCUT2D eigenvalue weighted by Gasteiger charge is 2.22. The van der Waals surface area contributed by atoms with Crippen molar-refractivity contribution in [3.8, 4) is 0 Å². The van der Waals surface area contributed by atoms with E-state index in [1.807, 2.05) is 63.2 Å². The Bertz CT molecular complexity index is 549. The number of amides is 1. The lowest BCUT2D eigenvalue weighted by Gasteiger charge is -2.22. The molecular formula is C17H22N2O2. The lowest BCUT2D eigenvalue weighted by molar-refractivity contribution is -0.123. The first kappa shape index (κ1) is 15.3. The Morgan fingerprint density at radius 2 is 1.76 bits per heavy atom. The van der Waals surface area contributed by atoms with E-state index in [9.17, 15) is 4.79 Å². The first-order valence-electron chi connectivity index (χ1n) is 7.22. The molecule has 0 radical (unpaired) electrons. The molecule has 2 atom stereocenters. The van der Waals surface area contributed by atoms with E-state index in [-0.39, 0.29) is 24.0 Å². The fourth-order valence-corrected chi connectivity index (χ4v) is 2.18. The van der Waals surface area contributed by atoms with Gasteiger partial charge < -0.3 is 9.73 Å². The molecule has 0 fully saturated rings. The van der Waals surface area contributed by atoms with Crippen LogP contribution in [0.2, 0.25) is 0 Å². The van der Waals surface area contributed by atoms with Gasteiger partial charge in [0.25, 0.3) is 0 Å². The van der Waals surface area contributed by atoms with Crippen molar-refractivity contribution in [2.45, 2.75) is 38.9 Å². The Kier molecular flexibility index (Phi) is 5.17. The smallest absolute Gasteiger partial charge is 0.237 e. The van der Waals surface area contributed by atoms with E-state index in [1.54, 1.807) is 6.26 Å². The van der Waals surface area contributed by atoms with Crippen LogP contribution >= 0.6 is 0 Å². The Labute approximate surface area is 125 Å². The monoisotopic (exact) mass is 286 g/mol. The summed E-state index contributed by atoms with van der Waals surface area (Å²) in [6.07, 6.45) is 1.64. The molecule has 4 heteroatoms. The molecule has 0 spiro atoms. The standard InChI is InChI=1S/C17H22N2O2/c1-12(2)18-17(20)13(3)19-16(15-10-7-11-21-15)14-8-5-4-6-9-14/h4-13,16,19H,1-3H3,(H,18,20)/t13-,16+/m1/s1. The van der Waals surface area contributed by atoms with E-state index < -0.39 is 0 Å². The largest absolute Gasteiger partial charge is 0.467 e. The van der Waals surface area contributed by atoms with E-state index in [4.69, 9.17) is 4.42 Å². The first-order chi connectivity index (χ1) is 10.1. The molecule has 21 heavy (non-hydrogen) atoms. The summed E-state index contributed by atoms with van der Waals surface area (Å²) in [6.45, 7) is 5.76. The number of rotatable bonds is 6. The van der Waals surface area contributed by atoms with Gasteiger partial charge in [-0.25, -0.2) is 0 Å². The number of carbonyl (C=O) groups excluding carboxylic acids is 1. The molecule has 2 N–H and O–H groups in total. The second kappa shape index (κ2) is 7.09. The number of carbonyl (C=O) groups is 1. The third-order valence-corrected chi connectivity index (χ3v) is 3.20. The maximum Gasteiger partial charge on any atom is 0.237 e. The van der Waals surface area contributed by atoms with Crippen LogP contribution in [0, 0.1) is 0 Å². The van der Waals surface area contributed by atoms with E-state index >= 15 is 0 Å². The molecule has 0 saturated heterocycles. The first-order valence-corrected chi connectivity index (χ1v) is 7.22. The third kappa shape index (κ3) is 4.20. The highest BCUT2D eigenvalue weighted by atomic mass is 16.3. The lowest BCUT2D eigenvalue weighted by Crippen LogP contribution is -2.46. The molecule has 2 rings (SSSR count). The topological polar surface area (TPSA) is 54.3 Å². The van der Waals surface area contributed by atoms with Crippen LogP contribution in [0.1, 0.15) is 38.1 Å². The molecule has 0 bridgehead atoms. The Morgan fingerprint density at radius 3 is 2.33 bits per heavy atom. The molecule has 0 unspecified atom stereocenters. The number of nitrogens with one attached hydrogen (secondary N) is 2. The SMILES string of the molecule is CC(C)NC(=O)[C@@H](C)N[C@@H](c1ccccc1)c1ccco1. The summed E-state index contributed by atoms with van der Waals surface area (Å²) >= 11 is 0. The molecule has 0 aliphatic carbocycles. The fourth-order valence-electron chi connectivity index (χ4n) is 2.18. The minimum atomic E-state index is -0.317. The predicted molar refractivity (Wildman–Crippen MR) is 82.9 cm³/mol. The van der Waals surface area contributed by atoms with Gasteiger partial charge in [0, 0.05) is 6.04 Å². The molecule has 0 saturated carbocycles. The molecule has 1 aromatic carbocycles. The number of furan rings is 1. The molecule has 2 aromatic rings. The summed E-state index contributed by atoms with van der Waals surface area (Å²) in [5.41, 5.74) is 1.07. The number of hydrogen-bond acceptors (Lipinski definition) is 3. The van der Waals surface area contributed by atoms with Crippen molar-refractivity contribution in [3.05, 3.63) is 60.1 Å². The van der Waals surface area contributed by atoms with Gasteiger partial charge >= 0.3 is 0 Å². The van der Waals surface area contributed by atoms with Crippen molar-refractivity contribution >= 4 is 5.91 Å². The lowest BCUT2D eigenvalue weighted by atomic mass is 10.0. The van der Waals surface area contributed by atoms with Gasteiger partial charge in [-0.1, -0.05) is 30.3 Å². The summed E-state index contributed by atoms with van der Waals surface area (Å²) in [5, 5.41) is 6.25. The number of benzene rings is 1. The van der Waals surface area contributed by atoms with Crippen molar-refractivity contribution in [1.29, 1.82) is 0 Å². The minimum absolute atomic E-state index is 0.0162. The van der Waals surface area contributed by atoms with Crippen LogP contribution in [-0.2, 0) is 4.79 Å².